The van der Waals surface area contributed by atoms with Gasteiger partial charge in [-0.3, -0.25) is 4.90 Å². The van der Waals surface area contributed by atoms with Crippen LogP contribution >= 0.6 is 0 Å². The lowest BCUT2D eigenvalue weighted by Crippen LogP contribution is -2.49. The third kappa shape index (κ3) is 1.63. The second-order valence-corrected chi connectivity index (χ2v) is 4.46. The van der Waals surface area contributed by atoms with Crippen molar-refractivity contribution in [1.29, 1.82) is 0 Å². The summed E-state index contributed by atoms with van der Waals surface area (Å²) >= 11 is 0. The number of piperidine rings is 1. The average Bonchev–Trinajstić information content (AvgIpc) is 1.99. The summed E-state index contributed by atoms with van der Waals surface area (Å²) in [6, 6.07) is 0.721. The highest BCUT2D eigenvalue weighted by atomic mass is 19.1. The second-order valence-electron chi connectivity index (χ2n) is 4.46. The largest absolute Gasteiger partial charge is 0.297 e. The highest BCUT2D eigenvalue weighted by molar-refractivity contribution is 4.87. The minimum atomic E-state index is -0.547. The standard InChI is InChI=1S/C10H18FN/c1-8-5-10(6-8)12-4-2-3-9(11)7-12/h8-10H,2-7H2,1H3. The molecule has 2 fully saturated rings. The highest BCUT2D eigenvalue weighted by Gasteiger charge is 2.33. The van der Waals surface area contributed by atoms with Crippen LogP contribution in [0.2, 0.25) is 0 Å². The van der Waals surface area contributed by atoms with Crippen LogP contribution in [0.3, 0.4) is 0 Å². The van der Waals surface area contributed by atoms with Gasteiger partial charge < -0.3 is 0 Å². The average molecular weight is 171 g/mol. The molecule has 12 heavy (non-hydrogen) atoms. The number of nitrogens with zero attached hydrogens (tertiary/aromatic N) is 1. The summed E-state index contributed by atoms with van der Waals surface area (Å²) in [4.78, 5) is 2.36. The molecule has 2 aliphatic rings. The molecule has 1 unspecified atom stereocenters. The van der Waals surface area contributed by atoms with Crippen LogP contribution in [0.15, 0.2) is 0 Å². The first-order chi connectivity index (χ1) is 5.75. The first-order valence-corrected chi connectivity index (χ1v) is 5.14. The molecule has 1 atom stereocenters. The van der Waals surface area contributed by atoms with E-state index in [2.05, 4.69) is 11.8 Å². The highest BCUT2D eigenvalue weighted by Crippen LogP contribution is 2.32. The van der Waals surface area contributed by atoms with Crippen LogP contribution in [-0.2, 0) is 0 Å². The van der Waals surface area contributed by atoms with Crippen molar-refractivity contribution in [2.24, 2.45) is 5.92 Å². The Labute approximate surface area is 73.9 Å². The summed E-state index contributed by atoms with van der Waals surface area (Å²) in [6.07, 6.45) is 3.90. The maximum absolute atomic E-state index is 13.0. The number of alkyl halides is 1. The molecule has 70 valence electrons. The van der Waals surface area contributed by atoms with Crippen LogP contribution in [0.4, 0.5) is 4.39 Å². The van der Waals surface area contributed by atoms with E-state index in [0.29, 0.717) is 6.54 Å². The topological polar surface area (TPSA) is 3.24 Å². The monoisotopic (exact) mass is 171 g/mol. The Morgan fingerprint density at radius 1 is 1.33 bits per heavy atom. The van der Waals surface area contributed by atoms with Crippen molar-refractivity contribution in [2.45, 2.75) is 44.8 Å². The molecular weight excluding hydrogens is 153 g/mol. The van der Waals surface area contributed by atoms with Crippen molar-refractivity contribution < 1.29 is 4.39 Å². The number of hydrogen-bond acceptors (Lipinski definition) is 1. The number of rotatable bonds is 1. The van der Waals surface area contributed by atoms with Gasteiger partial charge in [0, 0.05) is 12.6 Å². The molecule has 1 heterocycles. The summed E-state index contributed by atoms with van der Waals surface area (Å²) in [7, 11) is 0. The molecule has 1 aliphatic carbocycles. The van der Waals surface area contributed by atoms with Gasteiger partial charge in [0.05, 0.1) is 0 Å². The molecule has 1 aliphatic heterocycles. The van der Waals surface area contributed by atoms with Crippen molar-refractivity contribution in [3.05, 3.63) is 0 Å². The Bertz CT molecular complexity index is 154. The SMILES string of the molecule is CC1CC(N2CCCC(F)C2)C1. The molecule has 1 nitrogen and oxygen atoms in total. The molecule has 0 aromatic heterocycles. The molecule has 0 amide bonds. The van der Waals surface area contributed by atoms with E-state index < -0.39 is 6.17 Å². The van der Waals surface area contributed by atoms with Crippen LogP contribution in [-0.4, -0.2) is 30.2 Å². The molecule has 2 heteroatoms. The lowest BCUT2D eigenvalue weighted by molar-refractivity contribution is 0.0374. The van der Waals surface area contributed by atoms with Gasteiger partial charge in [-0.05, 0) is 38.1 Å². The normalized spacial score (nSPS) is 44.0. The van der Waals surface area contributed by atoms with E-state index in [4.69, 9.17) is 0 Å². The Kier molecular flexibility index (Phi) is 2.35. The van der Waals surface area contributed by atoms with E-state index >= 15 is 0 Å². The fraction of sp³-hybridized carbons (Fsp3) is 1.00. The Balaban J connectivity index is 1.80. The molecule has 1 saturated heterocycles. The zero-order chi connectivity index (χ0) is 8.55. The molecule has 0 spiro atoms. The molecule has 1 saturated carbocycles. The van der Waals surface area contributed by atoms with Crippen LogP contribution in [0.25, 0.3) is 0 Å². The molecular formula is C10H18FN. The lowest BCUT2D eigenvalue weighted by atomic mass is 9.80. The van der Waals surface area contributed by atoms with Gasteiger partial charge in [-0.25, -0.2) is 4.39 Å². The van der Waals surface area contributed by atoms with Crippen molar-refractivity contribution in [1.82, 2.24) is 4.90 Å². The predicted molar refractivity (Wildman–Crippen MR) is 47.9 cm³/mol. The zero-order valence-corrected chi connectivity index (χ0v) is 7.80. The van der Waals surface area contributed by atoms with Gasteiger partial charge in [-0.15, -0.1) is 0 Å². The molecule has 0 bridgehead atoms. The van der Waals surface area contributed by atoms with Crippen molar-refractivity contribution in [2.75, 3.05) is 13.1 Å². The minimum absolute atomic E-state index is 0.547. The maximum Gasteiger partial charge on any atom is 0.113 e. The summed E-state index contributed by atoms with van der Waals surface area (Å²) in [5.74, 6) is 0.884. The quantitative estimate of drug-likeness (QED) is 0.584. The lowest BCUT2D eigenvalue weighted by Gasteiger charge is -2.44. The predicted octanol–water partition coefficient (Wildman–Crippen LogP) is 2.22. The summed E-state index contributed by atoms with van der Waals surface area (Å²) in [5, 5.41) is 0. The van der Waals surface area contributed by atoms with Gasteiger partial charge in [0.15, 0.2) is 0 Å². The number of likely N-dealkylation sites (tertiary alicyclic amines) is 1. The fourth-order valence-electron chi connectivity index (χ4n) is 2.44. The van der Waals surface area contributed by atoms with E-state index in [-0.39, 0.29) is 0 Å². The van der Waals surface area contributed by atoms with E-state index in [1.807, 2.05) is 0 Å². The van der Waals surface area contributed by atoms with Gasteiger partial charge in [0.1, 0.15) is 6.17 Å². The smallest absolute Gasteiger partial charge is 0.113 e. The van der Waals surface area contributed by atoms with Crippen LogP contribution in [0, 0.1) is 5.92 Å². The van der Waals surface area contributed by atoms with E-state index in [1.165, 1.54) is 12.8 Å². The third-order valence-electron chi connectivity index (χ3n) is 3.26. The van der Waals surface area contributed by atoms with Gasteiger partial charge >= 0.3 is 0 Å². The zero-order valence-electron chi connectivity index (χ0n) is 7.80. The van der Waals surface area contributed by atoms with Crippen LogP contribution in [0.5, 0.6) is 0 Å². The van der Waals surface area contributed by atoms with E-state index in [0.717, 1.165) is 31.3 Å². The van der Waals surface area contributed by atoms with Gasteiger partial charge in [0.25, 0.3) is 0 Å². The molecule has 0 radical (unpaired) electrons. The number of halogens is 1. The second kappa shape index (κ2) is 3.33. The van der Waals surface area contributed by atoms with Gasteiger partial charge in [-0.2, -0.15) is 0 Å². The minimum Gasteiger partial charge on any atom is -0.297 e. The molecule has 2 rings (SSSR count). The Morgan fingerprint density at radius 3 is 2.67 bits per heavy atom. The first kappa shape index (κ1) is 8.49. The van der Waals surface area contributed by atoms with E-state index in [1.54, 1.807) is 0 Å². The van der Waals surface area contributed by atoms with Crippen LogP contribution < -0.4 is 0 Å². The van der Waals surface area contributed by atoms with Crippen molar-refractivity contribution in [3.63, 3.8) is 0 Å². The van der Waals surface area contributed by atoms with Gasteiger partial charge in [-0.1, -0.05) is 6.92 Å². The van der Waals surface area contributed by atoms with Gasteiger partial charge in [0.2, 0.25) is 0 Å². The van der Waals surface area contributed by atoms with E-state index in [9.17, 15) is 4.39 Å². The molecule has 0 N–H and O–H groups in total. The summed E-state index contributed by atoms with van der Waals surface area (Å²) in [5.41, 5.74) is 0. The van der Waals surface area contributed by atoms with Crippen molar-refractivity contribution in [3.8, 4) is 0 Å². The Morgan fingerprint density at radius 2 is 2.08 bits per heavy atom. The molecule has 0 aromatic carbocycles. The third-order valence-corrected chi connectivity index (χ3v) is 3.26. The van der Waals surface area contributed by atoms with Crippen molar-refractivity contribution >= 4 is 0 Å². The number of hydrogen-bond donors (Lipinski definition) is 0. The first-order valence-electron chi connectivity index (χ1n) is 5.14. The molecule has 0 aromatic rings. The maximum atomic E-state index is 13.0. The summed E-state index contributed by atoms with van der Waals surface area (Å²) < 4.78 is 13.0. The summed E-state index contributed by atoms with van der Waals surface area (Å²) in [6.45, 7) is 4.13. The van der Waals surface area contributed by atoms with Crippen LogP contribution in [0.1, 0.15) is 32.6 Å². The Hall–Kier alpha value is -0.110. The fourth-order valence-corrected chi connectivity index (χ4v) is 2.44.